The summed E-state index contributed by atoms with van der Waals surface area (Å²) in [6.07, 6.45) is 2.27. The van der Waals surface area contributed by atoms with Gasteiger partial charge in [-0.3, -0.25) is 4.79 Å². The maximum Gasteiger partial charge on any atom is 0.283 e. The van der Waals surface area contributed by atoms with Gasteiger partial charge in [0.05, 0.1) is 6.54 Å². The molecule has 122 valence electrons. The van der Waals surface area contributed by atoms with Gasteiger partial charge >= 0.3 is 0 Å². The summed E-state index contributed by atoms with van der Waals surface area (Å²) in [7, 11) is 0. The van der Waals surface area contributed by atoms with Crippen LogP contribution in [-0.2, 0) is 0 Å². The van der Waals surface area contributed by atoms with E-state index < -0.39 is 0 Å². The van der Waals surface area contributed by atoms with Gasteiger partial charge in [0.15, 0.2) is 5.01 Å². The van der Waals surface area contributed by atoms with E-state index in [1.807, 2.05) is 6.07 Å². The number of hydrogen-bond donors (Lipinski definition) is 0. The standard InChI is InChI=1S/C17H14FN3O2S/c18-11-3-1-4-12(9-11)23-13-6-8-21(10-13)17(22)16-20-14-5-2-7-19-15(14)24-16/h1-5,7,9,13H,6,8,10H2/t13-/m0/s1. The summed E-state index contributed by atoms with van der Waals surface area (Å²) < 4.78 is 19.0. The van der Waals surface area contributed by atoms with Gasteiger partial charge in [0.25, 0.3) is 5.91 Å². The van der Waals surface area contributed by atoms with E-state index in [0.29, 0.717) is 30.3 Å². The molecule has 0 bridgehead atoms. The average molecular weight is 343 g/mol. The molecule has 0 N–H and O–H groups in total. The molecule has 0 saturated carbocycles. The Bertz CT molecular complexity index is 865. The largest absolute Gasteiger partial charge is 0.488 e. The second-order valence-electron chi connectivity index (χ2n) is 5.58. The van der Waals surface area contributed by atoms with Crippen LogP contribution in [0.2, 0.25) is 0 Å². The number of thiazole rings is 1. The normalized spacial score (nSPS) is 17.4. The van der Waals surface area contributed by atoms with E-state index in [2.05, 4.69) is 9.97 Å². The number of carbonyl (C=O) groups is 1. The molecule has 2 aromatic heterocycles. The van der Waals surface area contributed by atoms with Crippen LogP contribution in [0.5, 0.6) is 5.75 Å². The fourth-order valence-electron chi connectivity index (χ4n) is 2.74. The zero-order chi connectivity index (χ0) is 16.5. The van der Waals surface area contributed by atoms with E-state index in [1.54, 1.807) is 29.3 Å². The van der Waals surface area contributed by atoms with E-state index in [4.69, 9.17) is 4.74 Å². The van der Waals surface area contributed by atoms with Crippen molar-refractivity contribution >= 4 is 27.6 Å². The van der Waals surface area contributed by atoms with Gasteiger partial charge in [0, 0.05) is 25.2 Å². The molecule has 1 aromatic carbocycles. The number of carbonyl (C=O) groups excluding carboxylic acids is 1. The van der Waals surface area contributed by atoms with Gasteiger partial charge in [-0.25, -0.2) is 14.4 Å². The number of halogens is 1. The zero-order valence-electron chi connectivity index (χ0n) is 12.7. The number of amides is 1. The highest BCUT2D eigenvalue weighted by molar-refractivity contribution is 7.19. The molecule has 1 amide bonds. The molecule has 4 rings (SSSR count). The average Bonchev–Trinajstić information content (AvgIpc) is 3.20. The maximum absolute atomic E-state index is 13.2. The van der Waals surface area contributed by atoms with Crippen molar-refractivity contribution in [3.63, 3.8) is 0 Å². The van der Waals surface area contributed by atoms with Gasteiger partial charge in [-0.15, -0.1) is 0 Å². The molecule has 24 heavy (non-hydrogen) atoms. The first kappa shape index (κ1) is 15.0. The van der Waals surface area contributed by atoms with Crippen molar-refractivity contribution in [2.24, 2.45) is 0 Å². The SMILES string of the molecule is O=C(c1nc2cccnc2s1)N1CC[C@H](Oc2cccc(F)c2)C1. The number of hydrogen-bond acceptors (Lipinski definition) is 5. The van der Waals surface area contributed by atoms with Gasteiger partial charge in [-0.1, -0.05) is 17.4 Å². The summed E-state index contributed by atoms with van der Waals surface area (Å²) in [5, 5.41) is 0.440. The Morgan fingerprint density at radius 1 is 1.33 bits per heavy atom. The smallest absolute Gasteiger partial charge is 0.283 e. The summed E-state index contributed by atoms with van der Waals surface area (Å²) >= 11 is 1.30. The van der Waals surface area contributed by atoms with E-state index in [1.165, 1.54) is 23.5 Å². The summed E-state index contributed by atoms with van der Waals surface area (Å²) in [4.78, 5) is 23.6. The number of pyridine rings is 1. The predicted octanol–water partition coefficient (Wildman–Crippen LogP) is 3.12. The first-order chi connectivity index (χ1) is 11.7. The lowest BCUT2D eigenvalue weighted by Gasteiger charge is -2.16. The second kappa shape index (κ2) is 6.16. The van der Waals surface area contributed by atoms with Crippen LogP contribution in [0, 0.1) is 5.82 Å². The lowest BCUT2D eigenvalue weighted by atomic mass is 10.3. The molecule has 1 aliphatic heterocycles. The third-order valence-electron chi connectivity index (χ3n) is 3.88. The van der Waals surface area contributed by atoms with Crippen molar-refractivity contribution < 1.29 is 13.9 Å². The number of rotatable bonds is 3. The van der Waals surface area contributed by atoms with Crippen molar-refractivity contribution in [1.29, 1.82) is 0 Å². The quantitative estimate of drug-likeness (QED) is 0.733. The fourth-order valence-corrected chi connectivity index (χ4v) is 3.61. The second-order valence-corrected chi connectivity index (χ2v) is 6.56. The zero-order valence-corrected chi connectivity index (χ0v) is 13.5. The van der Waals surface area contributed by atoms with Crippen molar-refractivity contribution in [2.45, 2.75) is 12.5 Å². The molecular weight excluding hydrogens is 329 g/mol. The van der Waals surface area contributed by atoms with Gasteiger partial charge in [-0.2, -0.15) is 0 Å². The minimum atomic E-state index is -0.333. The molecule has 0 spiro atoms. The van der Waals surface area contributed by atoms with Gasteiger partial charge in [0.1, 0.15) is 28.0 Å². The maximum atomic E-state index is 13.2. The van der Waals surface area contributed by atoms with Crippen LogP contribution in [0.1, 0.15) is 16.2 Å². The van der Waals surface area contributed by atoms with Crippen LogP contribution in [0.4, 0.5) is 4.39 Å². The van der Waals surface area contributed by atoms with Crippen LogP contribution >= 0.6 is 11.3 Å². The van der Waals surface area contributed by atoms with Crippen LogP contribution in [0.15, 0.2) is 42.6 Å². The predicted molar refractivity (Wildman–Crippen MR) is 88.8 cm³/mol. The molecule has 3 aromatic rings. The highest BCUT2D eigenvalue weighted by atomic mass is 32.1. The van der Waals surface area contributed by atoms with Gasteiger partial charge < -0.3 is 9.64 Å². The fraction of sp³-hybridized carbons (Fsp3) is 0.235. The molecule has 1 saturated heterocycles. The Balaban J connectivity index is 1.45. The number of aromatic nitrogens is 2. The molecule has 3 heterocycles. The molecule has 0 aliphatic carbocycles. The Labute approximate surface area is 141 Å². The summed E-state index contributed by atoms with van der Waals surface area (Å²) in [5.74, 6) is 0.0437. The molecule has 5 nitrogen and oxygen atoms in total. The van der Waals surface area contributed by atoms with E-state index in [-0.39, 0.29) is 17.8 Å². The number of benzene rings is 1. The van der Waals surface area contributed by atoms with E-state index >= 15 is 0 Å². The van der Waals surface area contributed by atoms with Crippen LogP contribution in [0.3, 0.4) is 0 Å². The molecule has 0 radical (unpaired) electrons. The summed E-state index contributed by atoms with van der Waals surface area (Å²) in [6, 6.07) is 9.69. The Kier molecular flexibility index (Phi) is 3.86. The summed E-state index contributed by atoms with van der Waals surface area (Å²) in [6.45, 7) is 1.07. The molecular formula is C17H14FN3O2S. The first-order valence-corrected chi connectivity index (χ1v) is 8.44. The molecule has 7 heteroatoms. The lowest BCUT2D eigenvalue weighted by Crippen LogP contribution is -2.30. The van der Waals surface area contributed by atoms with Crippen molar-refractivity contribution in [2.75, 3.05) is 13.1 Å². The van der Waals surface area contributed by atoms with Crippen LogP contribution < -0.4 is 4.74 Å². The van der Waals surface area contributed by atoms with Crippen LogP contribution in [-0.4, -0.2) is 40.0 Å². The Hall–Kier alpha value is -2.54. The minimum absolute atomic E-state index is 0.108. The minimum Gasteiger partial charge on any atom is -0.488 e. The number of fused-ring (bicyclic) bond motifs is 1. The molecule has 0 unspecified atom stereocenters. The number of ether oxygens (including phenoxy) is 1. The van der Waals surface area contributed by atoms with Crippen molar-refractivity contribution in [3.8, 4) is 5.75 Å². The number of nitrogens with zero attached hydrogens (tertiary/aromatic N) is 3. The third-order valence-corrected chi connectivity index (χ3v) is 4.85. The van der Waals surface area contributed by atoms with E-state index in [9.17, 15) is 9.18 Å². The number of likely N-dealkylation sites (tertiary alicyclic amines) is 1. The lowest BCUT2D eigenvalue weighted by molar-refractivity contribution is 0.0772. The van der Waals surface area contributed by atoms with Crippen LogP contribution in [0.25, 0.3) is 10.3 Å². The van der Waals surface area contributed by atoms with Gasteiger partial charge in [0.2, 0.25) is 0 Å². The molecule has 1 aliphatic rings. The van der Waals surface area contributed by atoms with E-state index in [0.717, 1.165) is 10.3 Å². The highest BCUT2D eigenvalue weighted by Crippen LogP contribution is 2.24. The molecule has 1 atom stereocenters. The highest BCUT2D eigenvalue weighted by Gasteiger charge is 2.30. The summed E-state index contributed by atoms with van der Waals surface area (Å²) in [5.41, 5.74) is 0.734. The monoisotopic (exact) mass is 343 g/mol. The first-order valence-electron chi connectivity index (χ1n) is 7.62. The Morgan fingerprint density at radius 2 is 2.25 bits per heavy atom. The van der Waals surface area contributed by atoms with Gasteiger partial charge in [-0.05, 0) is 24.3 Å². The van der Waals surface area contributed by atoms with Crippen molar-refractivity contribution in [1.82, 2.24) is 14.9 Å². The topological polar surface area (TPSA) is 55.3 Å². The van der Waals surface area contributed by atoms with Crippen molar-refractivity contribution in [3.05, 3.63) is 53.4 Å². The molecule has 1 fully saturated rings. The Morgan fingerprint density at radius 3 is 3.08 bits per heavy atom. The third kappa shape index (κ3) is 2.94.